The molecule has 0 radical (unpaired) electrons. The maximum absolute atomic E-state index is 11.0. The van der Waals surface area contributed by atoms with E-state index in [1.807, 2.05) is 24.3 Å². The zero-order valence-corrected chi connectivity index (χ0v) is 13.5. The van der Waals surface area contributed by atoms with Crippen molar-refractivity contribution in [2.24, 2.45) is 0 Å². The van der Waals surface area contributed by atoms with Gasteiger partial charge in [0.25, 0.3) is 0 Å². The summed E-state index contributed by atoms with van der Waals surface area (Å²) in [5, 5.41) is 9.16. The highest BCUT2D eigenvalue weighted by molar-refractivity contribution is 5.78. The molecule has 0 amide bonds. The number of hydrogen-bond donors (Lipinski definition) is 1. The van der Waals surface area contributed by atoms with E-state index in [-0.39, 0.29) is 6.61 Å². The minimum atomic E-state index is 0.0116. The van der Waals surface area contributed by atoms with Gasteiger partial charge < -0.3 is 14.6 Å². The Balaban J connectivity index is 1.63. The van der Waals surface area contributed by atoms with Crippen LogP contribution in [0.5, 0.6) is 17.2 Å². The topological polar surface area (TPSA) is 68.7 Å². The van der Waals surface area contributed by atoms with E-state index in [1.165, 1.54) is 6.20 Å². The van der Waals surface area contributed by atoms with Crippen LogP contribution in [0, 0.1) is 0 Å². The fourth-order valence-electron chi connectivity index (χ4n) is 2.29. The molecule has 1 heterocycles. The lowest BCUT2D eigenvalue weighted by Gasteiger charge is -2.10. The van der Waals surface area contributed by atoms with E-state index in [4.69, 9.17) is 14.6 Å². The lowest BCUT2D eigenvalue weighted by Crippen LogP contribution is -1.97. The summed E-state index contributed by atoms with van der Waals surface area (Å²) in [6, 6.07) is 16.4. The first-order valence-corrected chi connectivity index (χ1v) is 7.77. The van der Waals surface area contributed by atoms with Crippen LogP contribution in [0.2, 0.25) is 0 Å². The van der Waals surface area contributed by atoms with Gasteiger partial charge in [-0.05, 0) is 41.5 Å². The van der Waals surface area contributed by atoms with Crippen molar-refractivity contribution >= 4 is 6.29 Å². The van der Waals surface area contributed by atoms with E-state index in [2.05, 4.69) is 4.98 Å². The second-order valence-corrected chi connectivity index (χ2v) is 5.37. The van der Waals surface area contributed by atoms with Gasteiger partial charge in [0, 0.05) is 12.4 Å². The number of ether oxygens (including phenoxy) is 2. The van der Waals surface area contributed by atoms with Crippen molar-refractivity contribution < 1.29 is 19.4 Å². The summed E-state index contributed by atoms with van der Waals surface area (Å²) in [6.45, 7) is 0.422. The van der Waals surface area contributed by atoms with Crippen molar-refractivity contribution in [2.75, 3.05) is 0 Å². The Bertz CT molecular complexity index is 846. The highest BCUT2D eigenvalue weighted by Gasteiger charge is 2.04. The first-order chi connectivity index (χ1) is 12.3. The summed E-state index contributed by atoms with van der Waals surface area (Å²) in [5.41, 5.74) is 2.24. The van der Waals surface area contributed by atoms with Crippen LogP contribution in [0.4, 0.5) is 0 Å². The number of carbonyl (C=O) groups is 1. The molecule has 0 aliphatic carbocycles. The van der Waals surface area contributed by atoms with Gasteiger partial charge in [-0.3, -0.25) is 9.78 Å². The fraction of sp³-hybridized carbons (Fsp3) is 0.100. The van der Waals surface area contributed by atoms with E-state index >= 15 is 0 Å². The third-order valence-corrected chi connectivity index (χ3v) is 3.57. The number of aromatic nitrogens is 1. The Kier molecular flexibility index (Phi) is 5.39. The maximum Gasteiger partial charge on any atom is 0.155 e. The molecule has 5 heteroatoms. The summed E-state index contributed by atoms with van der Waals surface area (Å²) < 4.78 is 11.4. The molecule has 0 aliphatic heterocycles. The number of hydrogen-bond acceptors (Lipinski definition) is 5. The second-order valence-electron chi connectivity index (χ2n) is 5.37. The molecule has 0 fully saturated rings. The van der Waals surface area contributed by atoms with Crippen molar-refractivity contribution in [1.29, 1.82) is 0 Å². The molecular weight excluding hydrogens is 318 g/mol. The first kappa shape index (κ1) is 16.7. The van der Waals surface area contributed by atoms with E-state index in [1.54, 1.807) is 36.5 Å². The van der Waals surface area contributed by atoms with E-state index in [9.17, 15) is 4.79 Å². The number of nitrogens with zero attached hydrogens (tertiary/aromatic N) is 1. The predicted molar refractivity (Wildman–Crippen MR) is 92.8 cm³/mol. The molecule has 5 nitrogen and oxygen atoms in total. The number of aliphatic hydroxyl groups excluding tert-OH is 1. The summed E-state index contributed by atoms with van der Waals surface area (Å²) in [6.07, 6.45) is 3.74. The number of aliphatic hydroxyl groups is 1. The Morgan fingerprint density at radius 2 is 1.76 bits per heavy atom. The summed E-state index contributed by atoms with van der Waals surface area (Å²) in [7, 11) is 0. The normalized spacial score (nSPS) is 10.3. The molecule has 1 aromatic heterocycles. The van der Waals surface area contributed by atoms with Crippen LogP contribution in [0.1, 0.15) is 21.5 Å². The monoisotopic (exact) mass is 335 g/mol. The van der Waals surface area contributed by atoms with Gasteiger partial charge in [-0.1, -0.05) is 24.3 Å². The van der Waals surface area contributed by atoms with Crippen LogP contribution in [-0.4, -0.2) is 16.4 Å². The van der Waals surface area contributed by atoms with Gasteiger partial charge in [0.05, 0.1) is 12.2 Å². The Labute approximate surface area is 145 Å². The van der Waals surface area contributed by atoms with Crippen molar-refractivity contribution in [3.05, 3.63) is 83.7 Å². The molecule has 3 rings (SSSR count). The Hall–Kier alpha value is -3.18. The van der Waals surface area contributed by atoms with Gasteiger partial charge in [0.15, 0.2) is 6.29 Å². The van der Waals surface area contributed by atoms with Crippen LogP contribution in [0.15, 0.2) is 67.0 Å². The molecule has 25 heavy (non-hydrogen) atoms. The van der Waals surface area contributed by atoms with E-state index in [0.29, 0.717) is 35.7 Å². The zero-order valence-electron chi connectivity index (χ0n) is 13.5. The van der Waals surface area contributed by atoms with E-state index in [0.717, 1.165) is 11.1 Å². The summed E-state index contributed by atoms with van der Waals surface area (Å²) >= 11 is 0. The molecule has 0 spiro atoms. The van der Waals surface area contributed by atoms with Crippen molar-refractivity contribution in [1.82, 2.24) is 4.98 Å². The van der Waals surface area contributed by atoms with Gasteiger partial charge in [0.2, 0.25) is 0 Å². The average molecular weight is 335 g/mol. The number of pyridine rings is 1. The molecule has 0 atom stereocenters. The molecule has 1 N–H and O–H groups in total. The minimum Gasteiger partial charge on any atom is -0.489 e. The van der Waals surface area contributed by atoms with Gasteiger partial charge in [0.1, 0.15) is 23.9 Å². The summed E-state index contributed by atoms with van der Waals surface area (Å²) in [4.78, 5) is 14.9. The predicted octanol–water partition coefficient (Wildman–Crippen LogP) is 3.76. The number of aldehydes is 1. The standard InChI is InChI=1S/C20H17NO4/c22-12-15-2-1-3-16(10-15)14-24-18-4-6-19(7-5-18)25-20-8-9-21-11-17(20)13-23/h1-11,13,22H,12,14H2. The highest BCUT2D eigenvalue weighted by Crippen LogP contribution is 2.25. The van der Waals surface area contributed by atoms with Gasteiger partial charge in [-0.15, -0.1) is 0 Å². The van der Waals surface area contributed by atoms with Gasteiger partial charge in [-0.2, -0.15) is 0 Å². The Morgan fingerprint density at radius 3 is 2.52 bits per heavy atom. The lowest BCUT2D eigenvalue weighted by molar-refractivity contribution is 0.112. The van der Waals surface area contributed by atoms with Crippen LogP contribution < -0.4 is 9.47 Å². The molecule has 3 aromatic rings. The molecule has 2 aromatic carbocycles. The first-order valence-electron chi connectivity index (χ1n) is 7.77. The fourth-order valence-corrected chi connectivity index (χ4v) is 2.29. The SMILES string of the molecule is O=Cc1cnccc1Oc1ccc(OCc2cccc(CO)c2)cc1. The smallest absolute Gasteiger partial charge is 0.155 e. The zero-order chi connectivity index (χ0) is 17.5. The van der Waals surface area contributed by atoms with Crippen molar-refractivity contribution in [3.8, 4) is 17.2 Å². The third kappa shape index (κ3) is 4.43. The van der Waals surface area contributed by atoms with Crippen LogP contribution in [-0.2, 0) is 13.2 Å². The molecular formula is C20H17NO4. The minimum absolute atomic E-state index is 0.0116. The second kappa shape index (κ2) is 8.08. The van der Waals surface area contributed by atoms with Crippen LogP contribution in [0.25, 0.3) is 0 Å². The highest BCUT2D eigenvalue weighted by atomic mass is 16.5. The molecule has 126 valence electrons. The number of rotatable bonds is 7. The van der Waals surface area contributed by atoms with Crippen molar-refractivity contribution in [2.45, 2.75) is 13.2 Å². The van der Waals surface area contributed by atoms with Crippen LogP contribution in [0.3, 0.4) is 0 Å². The number of carbonyl (C=O) groups excluding carboxylic acids is 1. The van der Waals surface area contributed by atoms with Crippen molar-refractivity contribution in [3.63, 3.8) is 0 Å². The number of benzene rings is 2. The van der Waals surface area contributed by atoms with Crippen LogP contribution >= 0.6 is 0 Å². The van der Waals surface area contributed by atoms with E-state index < -0.39 is 0 Å². The Morgan fingerprint density at radius 1 is 1.00 bits per heavy atom. The molecule has 0 bridgehead atoms. The molecule has 0 aliphatic rings. The molecule has 0 unspecified atom stereocenters. The largest absolute Gasteiger partial charge is 0.489 e. The maximum atomic E-state index is 11.0. The molecule has 0 saturated heterocycles. The molecule has 0 saturated carbocycles. The summed E-state index contributed by atoms with van der Waals surface area (Å²) in [5.74, 6) is 1.76. The average Bonchev–Trinajstić information content (AvgIpc) is 2.68. The quantitative estimate of drug-likeness (QED) is 0.666. The van der Waals surface area contributed by atoms with Gasteiger partial charge in [-0.25, -0.2) is 0 Å². The third-order valence-electron chi connectivity index (χ3n) is 3.57. The lowest BCUT2D eigenvalue weighted by atomic mass is 10.1. The van der Waals surface area contributed by atoms with Gasteiger partial charge >= 0.3 is 0 Å².